The number of aliphatic hydroxyl groups is 5. The Hall–Kier alpha value is -12.2. The molecule has 0 aliphatic heterocycles. The maximum atomic E-state index is 13.3. The van der Waals surface area contributed by atoms with Crippen molar-refractivity contribution >= 4 is 41.7 Å². The molecule has 6 heterocycles. The van der Waals surface area contributed by atoms with Crippen molar-refractivity contribution < 1.29 is 56.3 Å². The molecule has 0 spiro atoms. The van der Waals surface area contributed by atoms with Crippen LogP contribution in [0.3, 0.4) is 0 Å². The van der Waals surface area contributed by atoms with Gasteiger partial charge in [-0.25, -0.2) is 54.1 Å². The van der Waals surface area contributed by atoms with E-state index in [1.807, 2.05) is 78.0 Å². The Bertz CT molecular complexity index is 6430. The number of fused-ring (bicyclic) bond motifs is 10. The van der Waals surface area contributed by atoms with Crippen molar-refractivity contribution in [1.82, 2.24) is 48.9 Å². The maximum absolute atomic E-state index is 13.3. The van der Waals surface area contributed by atoms with Gasteiger partial charge in [-0.3, -0.25) is 0 Å². The molecule has 137 heavy (non-hydrogen) atoms. The van der Waals surface area contributed by atoms with Crippen molar-refractivity contribution in [3.05, 3.63) is 385 Å². The van der Waals surface area contributed by atoms with Crippen LogP contribution in [0, 0.1) is 97.4 Å². The molecule has 7 aromatic carbocycles. The number of nitrogens with zero attached hydrogens (tertiary/aromatic N) is 10. The summed E-state index contributed by atoms with van der Waals surface area (Å²) in [5, 5.41) is 81.4. The first kappa shape index (κ1) is 93.8. The minimum atomic E-state index is -0.639. The van der Waals surface area contributed by atoms with Gasteiger partial charge < -0.3 is 25.5 Å². The molecule has 23 rings (SSSR count). The van der Waals surface area contributed by atoms with Gasteiger partial charge >= 0.3 is 0 Å². The number of thiophene rings is 1. The fraction of sp³-hybridized carbons (Fsp3) is 0.342. The van der Waals surface area contributed by atoms with Crippen LogP contribution in [0.5, 0.6) is 0 Å². The lowest BCUT2D eigenvalue weighted by Crippen LogP contribution is -2.36. The molecule has 0 bridgehead atoms. The smallest absolute Gasteiger partial charge is 0.123 e. The predicted octanol–water partition coefficient (Wildman–Crippen LogP) is 25.0. The summed E-state index contributed by atoms with van der Waals surface area (Å²) >= 11 is 1.63. The highest BCUT2D eigenvalue weighted by Crippen LogP contribution is 2.62. The fourth-order valence-electron chi connectivity index (χ4n) is 24.5. The standard InChI is InChI=1S/2C24H22F2N2O.C22H21FN2OS.2C22H25FN2O/c2*1-24-13-16-14-27-28(20-9-7-19(26)8-10-20)22(16)12-17(24)4-11-21(24)23(29)15-2-5-18(25)6-3-15;1-22-11-15-12-24-25(18-5-3-17(23)4-6-18)20(15)10-16(22)2-7-19(22)21(26)14-8-9-27-13-14;2*1-3-4-5-21(26)19-11-6-16-12-20-15(13-22(16,19)2)14-24-25(20)18-9-7-17(23)8-10-18/h2*2-3,5-10,12,14,21,23,29H,4,11,13H2,1H3;3-6,8-10,12-13,19,21,26H,2,7,11H2,1H3;2*3,7-10,12,14,19,21,26H,1,4-6,11,13H2,2H3/t21-,23+,24+;21-,23-,24+;2*19-,21+,22+;19-,21-,22+/m11111/s1. The third-order valence-electron chi connectivity index (χ3n) is 32.2. The predicted molar refractivity (Wildman–Crippen MR) is 523 cm³/mol. The van der Waals surface area contributed by atoms with Gasteiger partial charge in [0.05, 0.1) is 118 Å². The number of benzene rings is 7. The van der Waals surface area contributed by atoms with Gasteiger partial charge in [0.2, 0.25) is 0 Å². The first-order valence-corrected chi connectivity index (χ1v) is 48.8. The zero-order valence-corrected chi connectivity index (χ0v) is 78.5. The third kappa shape index (κ3) is 18.0. The number of rotatable bonds is 19. The topological polar surface area (TPSA) is 190 Å². The quantitative estimate of drug-likeness (QED) is 0.0385. The van der Waals surface area contributed by atoms with E-state index in [0.29, 0.717) is 0 Å². The lowest BCUT2D eigenvalue weighted by atomic mass is 9.67. The molecule has 13 aromatic rings. The second kappa shape index (κ2) is 38.3. The highest BCUT2D eigenvalue weighted by Gasteiger charge is 2.54. The molecule has 15 atom stereocenters. The number of halogens is 7. The fourth-order valence-corrected chi connectivity index (χ4v) is 25.2. The number of aromatic nitrogens is 10. The van der Waals surface area contributed by atoms with Gasteiger partial charge in [0.1, 0.15) is 40.7 Å². The number of aliphatic hydroxyl groups excluding tert-OH is 5. The first-order chi connectivity index (χ1) is 66.0. The van der Waals surface area contributed by atoms with Gasteiger partial charge in [-0.05, 0) is 416 Å². The van der Waals surface area contributed by atoms with Crippen LogP contribution >= 0.6 is 11.3 Å². The maximum Gasteiger partial charge on any atom is 0.123 e. The van der Waals surface area contributed by atoms with E-state index in [2.05, 4.69) is 109 Å². The highest BCUT2D eigenvalue weighted by molar-refractivity contribution is 7.08. The van der Waals surface area contributed by atoms with Gasteiger partial charge in [0.25, 0.3) is 0 Å². The van der Waals surface area contributed by atoms with E-state index < -0.39 is 18.3 Å². The van der Waals surface area contributed by atoms with Gasteiger partial charge in [0, 0.05) is 0 Å². The monoisotopic (exact) mass is 1870 g/mol. The van der Waals surface area contributed by atoms with E-state index in [9.17, 15) is 56.3 Å². The summed E-state index contributed by atoms with van der Waals surface area (Å²) in [5.74, 6) is -0.990. The average Bonchev–Trinajstić information content (AvgIpc) is 1.61. The molecule has 0 unspecified atom stereocenters. The second-order valence-electron chi connectivity index (χ2n) is 40.1. The second-order valence-corrected chi connectivity index (χ2v) is 40.9. The molecule has 23 heteroatoms. The molecule has 10 aliphatic carbocycles. The van der Waals surface area contributed by atoms with Crippen molar-refractivity contribution in [3.8, 4) is 28.4 Å². The van der Waals surface area contributed by atoms with Crippen LogP contribution in [0.4, 0.5) is 30.7 Å². The Kier molecular flexibility index (Phi) is 26.2. The van der Waals surface area contributed by atoms with Crippen LogP contribution < -0.4 is 0 Å². The molecule has 0 radical (unpaired) electrons. The van der Waals surface area contributed by atoms with E-state index in [-0.39, 0.29) is 110 Å². The lowest BCUT2D eigenvalue weighted by molar-refractivity contribution is 0.0502. The molecule has 0 amide bonds. The van der Waals surface area contributed by atoms with Gasteiger partial charge in [-0.2, -0.15) is 36.8 Å². The van der Waals surface area contributed by atoms with Crippen LogP contribution in [0.15, 0.2) is 271 Å². The summed E-state index contributed by atoms with van der Waals surface area (Å²) in [6, 6.07) is 46.3. The van der Waals surface area contributed by atoms with Crippen LogP contribution in [0.2, 0.25) is 0 Å². The third-order valence-corrected chi connectivity index (χ3v) is 32.9. The molecule has 5 saturated carbocycles. The van der Waals surface area contributed by atoms with E-state index in [1.54, 1.807) is 96.3 Å². The first-order valence-electron chi connectivity index (χ1n) is 47.9. The molecule has 5 fully saturated rings. The molecule has 706 valence electrons. The minimum Gasteiger partial charge on any atom is -0.393 e. The Morgan fingerprint density at radius 1 is 0.314 bits per heavy atom. The van der Waals surface area contributed by atoms with Gasteiger partial charge in [-0.1, -0.05) is 98.9 Å². The Balaban J connectivity index is 0.000000110. The van der Waals surface area contributed by atoms with Crippen molar-refractivity contribution in [1.29, 1.82) is 0 Å². The lowest BCUT2D eigenvalue weighted by Gasteiger charge is -2.38. The zero-order valence-electron chi connectivity index (χ0n) is 77.7. The van der Waals surface area contributed by atoms with E-state index in [4.69, 9.17) is 0 Å². The molecule has 5 N–H and O–H groups in total. The summed E-state index contributed by atoms with van der Waals surface area (Å²) in [5.41, 5.74) is 24.3. The highest BCUT2D eigenvalue weighted by atomic mass is 32.1. The van der Waals surface area contributed by atoms with Crippen LogP contribution in [0.25, 0.3) is 58.8 Å². The summed E-state index contributed by atoms with van der Waals surface area (Å²) in [4.78, 5) is 0. The molecule has 10 aliphatic rings. The number of hydrogen-bond acceptors (Lipinski definition) is 11. The molecule has 15 nitrogen and oxygen atoms in total. The van der Waals surface area contributed by atoms with Crippen LogP contribution in [-0.2, 0) is 32.1 Å². The summed E-state index contributed by atoms with van der Waals surface area (Å²) in [6.07, 6.45) is 39.2. The van der Waals surface area contributed by atoms with Gasteiger partial charge in [0.15, 0.2) is 0 Å². The van der Waals surface area contributed by atoms with Crippen molar-refractivity contribution in [3.63, 3.8) is 0 Å². The minimum absolute atomic E-state index is 0.00968. The molecule has 0 saturated heterocycles. The summed E-state index contributed by atoms with van der Waals surface area (Å²) in [6.45, 7) is 18.8. The van der Waals surface area contributed by atoms with Crippen molar-refractivity contribution in [2.75, 3.05) is 0 Å². The van der Waals surface area contributed by atoms with E-state index in [1.165, 1.54) is 129 Å². The normalized spacial score (nSPS) is 24.7. The van der Waals surface area contributed by atoms with Crippen LogP contribution in [-0.4, -0.2) is 86.6 Å². The van der Waals surface area contributed by atoms with Gasteiger partial charge in [-0.15, -0.1) is 13.2 Å². The Morgan fingerprint density at radius 3 is 0.745 bits per heavy atom. The van der Waals surface area contributed by atoms with E-state index >= 15 is 0 Å². The molecular formula is C114H115F7N10O5S. The summed E-state index contributed by atoms with van der Waals surface area (Å²) in [7, 11) is 0. The van der Waals surface area contributed by atoms with Crippen LogP contribution in [0.1, 0.15) is 216 Å². The molecular weight excluding hydrogens is 1750 g/mol. The average molecular weight is 1870 g/mol. The van der Waals surface area contributed by atoms with E-state index in [0.717, 1.165) is 207 Å². The number of hydrogen-bond donors (Lipinski definition) is 5. The Labute approximate surface area is 798 Å². The largest absolute Gasteiger partial charge is 0.393 e. The Morgan fingerprint density at radius 2 is 0.526 bits per heavy atom. The van der Waals surface area contributed by atoms with Crippen molar-refractivity contribution in [2.45, 2.75) is 187 Å². The summed E-state index contributed by atoms with van der Waals surface area (Å²) < 4.78 is 102. The molecule has 6 aromatic heterocycles. The zero-order chi connectivity index (χ0) is 95.6. The SMILES string of the molecule is C=CCC[C@@H](O)[C@H]1CCC2=Cc3c(cnn3-c3ccc(F)cc3)C[C@@]21C.C=CCC[C@H](O)[C@H]1CCC2=Cc3c(cnn3-c3ccc(F)cc3)C[C@@]21C.C[C@]12Cc3cnn(-c4ccc(F)cc4)c3C=C1CC[C@@H]2[C@@H](O)c1ccc(F)cc1.C[C@]12Cc3cnn(-c4ccc(F)cc4)c3C=C1CC[C@@H]2[C@@H](O)c1ccsc1.C[C@]12Cc3cnn(-c4ccc(F)cc4)c3C=C1CC[C@@H]2[C@H](O)c1ccc(F)cc1. The number of allylic oxidation sites excluding steroid dienone is 7. The van der Waals surface area contributed by atoms with Crippen molar-refractivity contribution in [2.24, 2.45) is 56.7 Å².